The molecule has 0 aliphatic heterocycles. The molecule has 20 heavy (non-hydrogen) atoms. The van der Waals surface area contributed by atoms with E-state index in [2.05, 4.69) is 6.92 Å². The summed E-state index contributed by atoms with van der Waals surface area (Å²) in [4.78, 5) is 0. The highest BCUT2D eigenvalue weighted by Gasteiger charge is 2.41. The predicted octanol–water partition coefficient (Wildman–Crippen LogP) is 3.71. The number of halogens is 1. The minimum atomic E-state index is -0.572. The third-order valence-corrected chi connectivity index (χ3v) is 4.48. The number of rotatable bonds is 5. The minimum absolute atomic E-state index is 0.252. The molecule has 0 bridgehead atoms. The Labute approximate surface area is 121 Å². The molecule has 1 atom stereocenters. The average molecular weight is 280 g/mol. The number of hydrogen-bond donors (Lipinski definition) is 1. The molecule has 1 fully saturated rings. The van der Waals surface area contributed by atoms with E-state index in [0.29, 0.717) is 18.9 Å². The average Bonchev–Trinajstić information content (AvgIpc) is 2.42. The summed E-state index contributed by atoms with van der Waals surface area (Å²) in [5, 5.41) is 10.6. The van der Waals surface area contributed by atoms with E-state index in [9.17, 15) is 9.50 Å². The Bertz CT molecular complexity index is 425. The molecule has 1 aliphatic carbocycles. The summed E-state index contributed by atoms with van der Waals surface area (Å²) >= 11 is 0. The van der Waals surface area contributed by atoms with Crippen LogP contribution in [-0.2, 0) is 11.2 Å². The van der Waals surface area contributed by atoms with Gasteiger partial charge in [0.05, 0.1) is 11.7 Å². The fourth-order valence-electron chi connectivity index (χ4n) is 3.19. The molecule has 1 aromatic carbocycles. The van der Waals surface area contributed by atoms with Crippen molar-refractivity contribution in [2.24, 2.45) is 5.92 Å². The number of aliphatic hydroxyl groups is 1. The lowest BCUT2D eigenvalue weighted by Crippen LogP contribution is -2.48. The maximum absolute atomic E-state index is 13.2. The Morgan fingerprint density at radius 3 is 2.70 bits per heavy atom. The molecule has 112 valence electrons. The molecule has 0 aromatic heterocycles. The molecular weight excluding hydrogens is 255 g/mol. The van der Waals surface area contributed by atoms with Gasteiger partial charge in [-0.15, -0.1) is 0 Å². The second-order valence-corrected chi connectivity index (χ2v) is 6.03. The lowest BCUT2D eigenvalue weighted by molar-refractivity contribution is -0.143. The van der Waals surface area contributed by atoms with Gasteiger partial charge in [0, 0.05) is 13.0 Å². The summed E-state index contributed by atoms with van der Waals surface area (Å²) < 4.78 is 19.2. The van der Waals surface area contributed by atoms with Crippen LogP contribution in [0.15, 0.2) is 24.3 Å². The smallest absolute Gasteiger partial charge is 0.123 e. The van der Waals surface area contributed by atoms with Crippen molar-refractivity contribution in [3.8, 4) is 0 Å². The monoisotopic (exact) mass is 280 g/mol. The molecule has 0 heterocycles. The van der Waals surface area contributed by atoms with Crippen molar-refractivity contribution in [3.05, 3.63) is 35.6 Å². The summed E-state index contributed by atoms with van der Waals surface area (Å²) in [7, 11) is 0. The molecule has 1 unspecified atom stereocenters. The van der Waals surface area contributed by atoms with Crippen molar-refractivity contribution < 1.29 is 14.2 Å². The van der Waals surface area contributed by atoms with Crippen molar-refractivity contribution >= 4 is 0 Å². The van der Waals surface area contributed by atoms with Crippen LogP contribution in [0.25, 0.3) is 0 Å². The van der Waals surface area contributed by atoms with Crippen molar-refractivity contribution in [2.45, 2.75) is 57.7 Å². The Morgan fingerprint density at radius 1 is 1.40 bits per heavy atom. The first-order valence-electron chi connectivity index (χ1n) is 7.62. The predicted molar refractivity (Wildman–Crippen MR) is 78.1 cm³/mol. The Balaban J connectivity index is 2.09. The Hall–Kier alpha value is -0.930. The lowest BCUT2D eigenvalue weighted by Gasteiger charge is -2.42. The van der Waals surface area contributed by atoms with Crippen molar-refractivity contribution in [3.63, 3.8) is 0 Å². The van der Waals surface area contributed by atoms with Gasteiger partial charge in [0.1, 0.15) is 5.82 Å². The second-order valence-electron chi connectivity index (χ2n) is 6.03. The Morgan fingerprint density at radius 2 is 2.10 bits per heavy atom. The quantitative estimate of drug-likeness (QED) is 0.891. The highest BCUT2D eigenvalue weighted by molar-refractivity contribution is 5.18. The van der Waals surface area contributed by atoms with Crippen LogP contribution in [0.5, 0.6) is 0 Å². The van der Waals surface area contributed by atoms with Gasteiger partial charge < -0.3 is 9.84 Å². The third-order valence-electron chi connectivity index (χ3n) is 4.48. The summed E-state index contributed by atoms with van der Waals surface area (Å²) in [6.45, 7) is 4.82. The van der Waals surface area contributed by atoms with Crippen molar-refractivity contribution in [2.75, 3.05) is 6.61 Å². The second kappa shape index (κ2) is 6.68. The van der Waals surface area contributed by atoms with E-state index in [1.165, 1.54) is 12.1 Å². The van der Waals surface area contributed by atoms with Gasteiger partial charge in [-0.05, 0) is 56.2 Å². The zero-order chi connectivity index (χ0) is 14.6. The normalized spacial score (nSPS) is 28.3. The number of benzene rings is 1. The van der Waals surface area contributed by atoms with E-state index in [4.69, 9.17) is 4.74 Å². The molecule has 3 heteroatoms. The standard InChI is InChI=1S/C17H25FO2/c1-3-20-17(9-7-13(2)8-10-17)16(19)12-14-5-4-6-15(18)11-14/h4-6,11,13,16,19H,3,7-10,12H2,1-2H3. The van der Waals surface area contributed by atoms with Gasteiger partial charge in [-0.1, -0.05) is 19.1 Å². The molecular formula is C17H25FO2. The van der Waals surface area contributed by atoms with Crippen LogP contribution >= 0.6 is 0 Å². The SMILES string of the molecule is CCOC1(C(O)Cc2cccc(F)c2)CCC(C)CC1. The van der Waals surface area contributed by atoms with E-state index in [1.807, 2.05) is 13.0 Å². The molecule has 2 rings (SSSR count). The molecule has 0 saturated heterocycles. The topological polar surface area (TPSA) is 29.5 Å². The Kier molecular flexibility index (Phi) is 5.17. The van der Waals surface area contributed by atoms with Gasteiger partial charge in [-0.2, -0.15) is 0 Å². The first-order valence-corrected chi connectivity index (χ1v) is 7.62. The number of ether oxygens (including phenoxy) is 1. The van der Waals surface area contributed by atoms with Gasteiger partial charge in [-0.3, -0.25) is 0 Å². The molecule has 0 radical (unpaired) electrons. The summed E-state index contributed by atoms with van der Waals surface area (Å²) in [6, 6.07) is 6.47. The van der Waals surface area contributed by atoms with E-state index in [0.717, 1.165) is 31.2 Å². The molecule has 2 nitrogen and oxygen atoms in total. The maximum Gasteiger partial charge on any atom is 0.123 e. The molecule has 1 saturated carbocycles. The van der Waals surface area contributed by atoms with Crippen molar-refractivity contribution in [1.82, 2.24) is 0 Å². The van der Waals surface area contributed by atoms with Crippen LogP contribution < -0.4 is 0 Å². The zero-order valence-corrected chi connectivity index (χ0v) is 12.4. The molecule has 1 aliphatic rings. The van der Waals surface area contributed by atoms with Crippen LogP contribution in [0.1, 0.15) is 45.1 Å². The number of aliphatic hydroxyl groups excluding tert-OH is 1. The molecule has 1 N–H and O–H groups in total. The van der Waals surface area contributed by atoms with Gasteiger partial charge in [0.25, 0.3) is 0 Å². The summed E-state index contributed by atoms with van der Waals surface area (Å²) in [6.07, 6.45) is 3.82. The van der Waals surface area contributed by atoms with Crippen molar-refractivity contribution in [1.29, 1.82) is 0 Å². The first kappa shape index (κ1) is 15.5. The third kappa shape index (κ3) is 3.58. The van der Waals surface area contributed by atoms with Crippen LogP contribution in [0.2, 0.25) is 0 Å². The lowest BCUT2D eigenvalue weighted by atomic mass is 9.75. The van der Waals surface area contributed by atoms with Gasteiger partial charge >= 0.3 is 0 Å². The molecule has 0 spiro atoms. The minimum Gasteiger partial charge on any atom is -0.390 e. The van der Waals surface area contributed by atoms with Crippen LogP contribution in [0, 0.1) is 11.7 Å². The van der Waals surface area contributed by atoms with Crippen LogP contribution in [0.4, 0.5) is 4.39 Å². The van der Waals surface area contributed by atoms with Gasteiger partial charge in [0.15, 0.2) is 0 Å². The van der Waals surface area contributed by atoms with E-state index in [-0.39, 0.29) is 5.82 Å². The zero-order valence-electron chi connectivity index (χ0n) is 12.4. The van der Waals surface area contributed by atoms with E-state index in [1.54, 1.807) is 6.07 Å². The first-order chi connectivity index (χ1) is 9.55. The van der Waals surface area contributed by atoms with E-state index < -0.39 is 11.7 Å². The van der Waals surface area contributed by atoms with Crippen LogP contribution in [0.3, 0.4) is 0 Å². The summed E-state index contributed by atoms with van der Waals surface area (Å²) in [5.74, 6) is 0.447. The van der Waals surface area contributed by atoms with Gasteiger partial charge in [-0.25, -0.2) is 4.39 Å². The highest BCUT2D eigenvalue weighted by Crippen LogP contribution is 2.38. The highest BCUT2D eigenvalue weighted by atomic mass is 19.1. The maximum atomic E-state index is 13.2. The van der Waals surface area contributed by atoms with Crippen LogP contribution in [-0.4, -0.2) is 23.4 Å². The van der Waals surface area contributed by atoms with Gasteiger partial charge in [0.2, 0.25) is 0 Å². The summed E-state index contributed by atoms with van der Waals surface area (Å²) in [5.41, 5.74) is 0.378. The molecule has 0 amide bonds. The number of hydrogen-bond acceptors (Lipinski definition) is 2. The fourth-order valence-corrected chi connectivity index (χ4v) is 3.19. The molecule has 1 aromatic rings. The largest absolute Gasteiger partial charge is 0.390 e. The fraction of sp³-hybridized carbons (Fsp3) is 0.647. The van der Waals surface area contributed by atoms with E-state index >= 15 is 0 Å².